The second-order valence-corrected chi connectivity index (χ2v) is 5.19. The van der Waals surface area contributed by atoms with E-state index in [9.17, 15) is 0 Å². The SMILES string of the molecule is C=P(COCCCC)(OC)OC. The third-order valence-electron chi connectivity index (χ3n) is 1.60. The Bertz CT molecular complexity index is 139. The molecule has 0 unspecified atom stereocenters. The summed E-state index contributed by atoms with van der Waals surface area (Å²) in [6.45, 7) is 2.89. The highest BCUT2D eigenvalue weighted by Gasteiger charge is 2.11. The van der Waals surface area contributed by atoms with Gasteiger partial charge in [-0.3, -0.25) is 0 Å². The Kier molecular flexibility index (Phi) is 6.77. The molecule has 0 fully saturated rings. The van der Waals surface area contributed by atoms with E-state index in [2.05, 4.69) is 13.2 Å². The van der Waals surface area contributed by atoms with Gasteiger partial charge in [-0.15, -0.1) is 0 Å². The summed E-state index contributed by atoms with van der Waals surface area (Å²) >= 11 is 0. The summed E-state index contributed by atoms with van der Waals surface area (Å²) in [4.78, 5) is 0. The van der Waals surface area contributed by atoms with Gasteiger partial charge in [-0.05, 0) is 12.7 Å². The number of rotatable bonds is 7. The Morgan fingerprint density at radius 3 is 2.25 bits per heavy atom. The summed E-state index contributed by atoms with van der Waals surface area (Å²) in [6.07, 6.45) is 6.55. The van der Waals surface area contributed by atoms with E-state index in [1.54, 1.807) is 14.2 Å². The maximum Gasteiger partial charge on any atom is 0.142 e. The zero-order valence-electron chi connectivity index (χ0n) is 8.21. The summed E-state index contributed by atoms with van der Waals surface area (Å²) in [7, 11) is 1.27. The largest absolute Gasteiger partial charge is 0.372 e. The summed E-state index contributed by atoms with van der Waals surface area (Å²) in [6, 6.07) is 0. The van der Waals surface area contributed by atoms with Gasteiger partial charge in [0.15, 0.2) is 0 Å². The van der Waals surface area contributed by atoms with Crippen molar-refractivity contribution in [1.82, 2.24) is 0 Å². The molecule has 74 valence electrons. The van der Waals surface area contributed by atoms with Gasteiger partial charge in [-0.2, -0.15) is 0 Å². The van der Waals surface area contributed by atoms with Crippen LogP contribution in [-0.4, -0.2) is 33.5 Å². The van der Waals surface area contributed by atoms with Crippen molar-refractivity contribution in [2.24, 2.45) is 0 Å². The third-order valence-corrected chi connectivity index (χ3v) is 3.50. The minimum absolute atomic E-state index is 0.486. The van der Waals surface area contributed by atoms with E-state index in [1.165, 1.54) is 0 Å². The smallest absolute Gasteiger partial charge is 0.142 e. The second-order valence-electron chi connectivity index (χ2n) is 2.57. The van der Waals surface area contributed by atoms with Crippen LogP contribution in [0, 0.1) is 0 Å². The fourth-order valence-corrected chi connectivity index (χ4v) is 1.40. The van der Waals surface area contributed by atoms with Crippen molar-refractivity contribution in [1.29, 1.82) is 0 Å². The average molecular weight is 194 g/mol. The number of unbranched alkanes of at least 4 members (excludes halogenated alkanes) is 1. The van der Waals surface area contributed by atoms with Gasteiger partial charge in [-0.25, -0.2) is 0 Å². The first-order valence-corrected chi connectivity index (χ1v) is 6.09. The van der Waals surface area contributed by atoms with Crippen molar-refractivity contribution in [3.8, 4) is 0 Å². The molecule has 0 spiro atoms. The molecule has 0 heterocycles. The van der Waals surface area contributed by atoms with E-state index in [0.29, 0.717) is 6.35 Å². The van der Waals surface area contributed by atoms with Crippen molar-refractivity contribution in [2.75, 3.05) is 27.2 Å². The van der Waals surface area contributed by atoms with Crippen LogP contribution in [0.5, 0.6) is 0 Å². The number of hydrogen-bond donors (Lipinski definition) is 0. The first kappa shape index (κ1) is 12.2. The van der Waals surface area contributed by atoms with Gasteiger partial charge < -0.3 is 13.8 Å². The van der Waals surface area contributed by atoms with Crippen molar-refractivity contribution < 1.29 is 13.8 Å². The van der Waals surface area contributed by atoms with Crippen molar-refractivity contribution in [2.45, 2.75) is 19.8 Å². The van der Waals surface area contributed by atoms with Gasteiger partial charge in [0.2, 0.25) is 0 Å². The highest BCUT2D eigenvalue weighted by atomic mass is 31.2. The molecule has 4 heteroatoms. The topological polar surface area (TPSA) is 27.7 Å². The van der Waals surface area contributed by atoms with Crippen LogP contribution in [0.1, 0.15) is 19.8 Å². The monoisotopic (exact) mass is 194 g/mol. The third kappa shape index (κ3) is 4.94. The lowest BCUT2D eigenvalue weighted by Crippen LogP contribution is -2.01. The zero-order valence-corrected chi connectivity index (χ0v) is 9.10. The average Bonchev–Trinajstić information content (AvgIpc) is 2.12. The molecule has 0 aliphatic rings. The molecule has 0 aliphatic heterocycles. The molecule has 12 heavy (non-hydrogen) atoms. The zero-order chi connectivity index (χ0) is 9.45. The molecule has 0 aromatic rings. The molecule has 0 N–H and O–H groups in total. The van der Waals surface area contributed by atoms with Crippen molar-refractivity contribution in [3.05, 3.63) is 0 Å². The summed E-state index contributed by atoms with van der Waals surface area (Å²) in [5, 5.41) is 0. The molecule has 3 nitrogen and oxygen atoms in total. The summed E-state index contributed by atoms with van der Waals surface area (Å²) in [5.74, 6) is 0. The quantitative estimate of drug-likeness (QED) is 0.460. The molecule has 0 rings (SSSR count). The van der Waals surface area contributed by atoms with Crippen LogP contribution in [0.3, 0.4) is 0 Å². The van der Waals surface area contributed by atoms with Gasteiger partial charge in [0, 0.05) is 20.8 Å². The molecule has 0 atom stereocenters. The first-order chi connectivity index (χ1) is 5.68. The first-order valence-electron chi connectivity index (χ1n) is 4.10. The maximum absolute atomic E-state index is 5.36. The van der Waals surface area contributed by atoms with E-state index in [1.807, 2.05) is 0 Å². The van der Waals surface area contributed by atoms with E-state index >= 15 is 0 Å². The molecule has 0 saturated heterocycles. The van der Waals surface area contributed by atoms with Crippen LogP contribution in [0.15, 0.2) is 0 Å². The maximum atomic E-state index is 5.36. The van der Waals surface area contributed by atoms with Crippen molar-refractivity contribution in [3.63, 3.8) is 0 Å². The lowest BCUT2D eigenvalue weighted by Gasteiger charge is -2.19. The van der Waals surface area contributed by atoms with Crippen LogP contribution in [0.2, 0.25) is 0 Å². The lowest BCUT2D eigenvalue weighted by atomic mass is 10.4. The highest BCUT2D eigenvalue weighted by molar-refractivity contribution is 7.64. The summed E-state index contributed by atoms with van der Waals surface area (Å²) < 4.78 is 15.6. The normalized spacial score (nSPS) is 11.9. The molecule has 0 bridgehead atoms. The lowest BCUT2D eigenvalue weighted by molar-refractivity contribution is 0.156. The Morgan fingerprint density at radius 1 is 1.25 bits per heavy atom. The minimum Gasteiger partial charge on any atom is -0.372 e. The van der Waals surface area contributed by atoms with Gasteiger partial charge in [-0.1, -0.05) is 13.3 Å². The molecule has 0 aromatic carbocycles. The number of hydrogen-bond acceptors (Lipinski definition) is 3. The second kappa shape index (κ2) is 6.67. The fourth-order valence-electron chi connectivity index (χ4n) is 0.630. The van der Waals surface area contributed by atoms with E-state index in [4.69, 9.17) is 13.8 Å². The molecule has 0 aliphatic carbocycles. The van der Waals surface area contributed by atoms with Gasteiger partial charge in [0.25, 0.3) is 0 Å². The minimum atomic E-state index is -1.94. The Morgan fingerprint density at radius 2 is 1.83 bits per heavy atom. The van der Waals surface area contributed by atoms with E-state index in [0.717, 1.165) is 19.4 Å². The van der Waals surface area contributed by atoms with E-state index in [-0.39, 0.29) is 0 Å². The molecular weight excluding hydrogens is 175 g/mol. The fraction of sp³-hybridized carbons (Fsp3) is 0.875. The predicted molar refractivity (Wildman–Crippen MR) is 53.8 cm³/mol. The Balaban J connectivity index is 3.52. The molecule has 0 saturated carbocycles. The van der Waals surface area contributed by atoms with Gasteiger partial charge in [0.1, 0.15) is 13.7 Å². The van der Waals surface area contributed by atoms with Crippen LogP contribution < -0.4 is 0 Å². The van der Waals surface area contributed by atoms with Crippen LogP contribution in [-0.2, 0) is 13.8 Å². The Labute approximate surface area is 75.2 Å². The van der Waals surface area contributed by atoms with Gasteiger partial charge in [0.05, 0.1) is 0 Å². The van der Waals surface area contributed by atoms with Gasteiger partial charge >= 0.3 is 0 Å². The predicted octanol–water partition coefficient (Wildman–Crippen LogP) is 2.33. The molecule has 0 aromatic heterocycles. The standard InChI is InChI=1S/C8H19O3P/c1-5-6-7-11-8-12(4,9-2)10-3/h4-8H2,1-3H3. The van der Waals surface area contributed by atoms with E-state index < -0.39 is 7.34 Å². The molecule has 0 radical (unpaired) electrons. The highest BCUT2D eigenvalue weighted by Crippen LogP contribution is 2.45. The summed E-state index contributed by atoms with van der Waals surface area (Å²) in [5.41, 5.74) is 0. The van der Waals surface area contributed by atoms with Crippen LogP contribution in [0.4, 0.5) is 0 Å². The Hall–Kier alpha value is 0.180. The van der Waals surface area contributed by atoms with Crippen molar-refractivity contribution >= 4 is 13.6 Å². The van der Waals surface area contributed by atoms with Crippen LogP contribution >= 0.6 is 7.34 Å². The molecule has 0 amide bonds. The number of ether oxygens (including phenoxy) is 1. The molecular formula is C8H19O3P. The van der Waals surface area contributed by atoms with Crippen LogP contribution in [0.25, 0.3) is 0 Å².